The highest BCUT2D eigenvalue weighted by atomic mass is 16.4. The van der Waals surface area contributed by atoms with Gasteiger partial charge in [-0.1, -0.05) is 42.5 Å². The number of carboxylic acid groups (broad SMARTS) is 1. The van der Waals surface area contributed by atoms with Crippen molar-refractivity contribution in [1.29, 1.82) is 0 Å². The van der Waals surface area contributed by atoms with Crippen molar-refractivity contribution in [1.82, 2.24) is 20.0 Å². The molecule has 0 radical (unpaired) electrons. The summed E-state index contributed by atoms with van der Waals surface area (Å²) in [7, 11) is 0. The lowest BCUT2D eigenvalue weighted by molar-refractivity contribution is -0.146. The summed E-state index contributed by atoms with van der Waals surface area (Å²) in [6.07, 6.45) is 7.93. The summed E-state index contributed by atoms with van der Waals surface area (Å²) in [4.78, 5) is 16.7. The molecule has 4 rings (SSSR count). The molecule has 0 saturated carbocycles. The number of benzene rings is 1. The fourth-order valence-electron chi connectivity index (χ4n) is 4.73. The van der Waals surface area contributed by atoms with Crippen LogP contribution in [0.3, 0.4) is 0 Å². The molecule has 2 saturated heterocycles. The minimum absolute atomic E-state index is 0.100. The van der Waals surface area contributed by atoms with Crippen LogP contribution in [0.5, 0.6) is 0 Å². The maximum absolute atomic E-state index is 12.0. The van der Waals surface area contributed by atoms with E-state index in [0.717, 1.165) is 51.3 Å². The Labute approximate surface area is 165 Å². The molecule has 3 heterocycles. The Kier molecular flexibility index (Phi) is 5.59. The number of nitrogens with one attached hydrogen (secondary N) is 1. The first-order chi connectivity index (χ1) is 13.6. The summed E-state index contributed by atoms with van der Waals surface area (Å²) in [5.74, 6) is -0.913. The number of nitrogens with zero attached hydrogens (tertiary/aromatic N) is 3. The third kappa shape index (κ3) is 4.18. The maximum atomic E-state index is 12.0. The van der Waals surface area contributed by atoms with Gasteiger partial charge in [-0.25, -0.2) is 0 Å². The quantitative estimate of drug-likeness (QED) is 0.806. The molecule has 2 aromatic rings. The monoisotopic (exact) mass is 380 g/mol. The predicted molar refractivity (Wildman–Crippen MR) is 109 cm³/mol. The molecule has 1 aromatic heterocycles. The van der Waals surface area contributed by atoms with Gasteiger partial charge in [0, 0.05) is 43.5 Å². The summed E-state index contributed by atoms with van der Waals surface area (Å²) in [6.45, 7) is 5.07. The van der Waals surface area contributed by atoms with Crippen molar-refractivity contribution in [2.75, 3.05) is 32.7 Å². The van der Waals surface area contributed by atoms with Crippen molar-refractivity contribution in [2.45, 2.75) is 19.4 Å². The van der Waals surface area contributed by atoms with E-state index in [2.05, 4.69) is 44.3 Å². The molecule has 1 aromatic carbocycles. The Bertz CT molecular complexity index is 795. The number of aliphatic carboxylic acids is 1. The highest BCUT2D eigenvalue weighted by Gasteiger charge is 2.50. The predicted octanol–water partition coefficient (Wildman–Crippen LogP) is 2.72. The molecule has 2 N–H and O–H groups in total. The Morgan fingerprint density at radius 1 is 1.21 bits per heavy atom. The van der Waals surface area contributed by atoms with Crippen LogP contribution >= 0.6 is 0 Å². The maximum Gasteiger partial charge on any atom is 0.308 e. The summed E-state index contributed by atoms with van der Waals surface area (Å²) >= 11 is 0. The van der Waals surface area contributed by atoms with Gasteiger partial charge >= 0.3 is 5.97 Å². The van der Waals surface area contributed by atoms with E-state index in [-0.39, 0.29) is 11.3 Å². The number of likely N-dealkylation sites (tertiary alicyclic amines) is 2. The van der Waals surface area contributed by atoms with Crippen molar-refractivity contribution >= 4 is 12.0 Å². The Morgan fingerprint density at radius 2 is 2.00 bits per heavy atom. The standard InChI is InChI=1S/C22H28N4O2/c27-21(28)20-16-26(12-4-7-18-5-2-1-3-6-18)17-22(20)9-13-25(14-10-22)15-19-8-11-23-24-19/h1-8,11,20H,9-10,12-17H2,(H,23,24)(H,27,28). The molecule has 1 atom stereocenters. The molecular formula is C22H28N4O2. The topological polar surface area (TPSA) is 72.5 Å². The zero-order chi connectivity index (χ0) is 19.4. The number of hydrogen-bond acceptors (Lipinski definition) is 4. The van der Waals surface area contributed by atoms with E-state index in [1.54, 1.807) is 6.20 Å². The fourth-order valence-corrected chi connectivity index (χ4v) is 4.73. The molecule has 2 aliphatic rings. The van der Waals surface area contributed by atoms with Crippen LogP contribution in [0, 0.1) is 11.3 Å². The van der Waals surface area contributed by atoms with Crippen LogP contribution in [-0.2, 0) is 11.3 Å². The summed E-state index contributed by atoms with van der Waals surface area (Å²) < 4.78 is 0. The lowest BCUT2D eigenvalue weighted by Crippen LogP contribution is -2.45. The second-order valence-electron chi connectivity index (χ2n) is 8.12. The van der Waals surface area contributed by atoms with Gasteiger partial charge in [0.1, 0.15) is 0 Å². The number of aromatic nitrogens is 2. The van der Waals surface area contributed by atoms with E-state index in [4.69, 9.17) is 0 Å². The van der Waals surface area contributed by atoms with E-state index in [9.17, 15) is 9.90 Å². The lowest BCUT2D eigenvalue weighted by atomic mass is 9.71. The minimum Gasteiger partial charge on any atom is -0.481 e. The van der Waals surface area contributed by atoms with Gasteiger partial charge in [-0.15, -0.1) is 0 Å². The SMILES string of the molecule is O=C(O)C1CN(CC=Cc2ccccc2)CC12CCN(Cc1ccn[nH]1)CC2. The van der Waals surface area contributed by atoms with Crippen LogP contribution in [0.1, 0.15) is 24.1 Å². The molecule has 0 aliphatic carbocycles. The Morgan fingerprint density at radius 3 is 2.68 bits per heavy atom. The molecule has 28 heavy (non-hydrogen) atoms. The van der Waals surface area contributed by atoms with Crippen molar-refractivity contribution in [3.05, 3.63) is 59.9 Å². The van der Waals surface area contributed by atoms with Gasteiger partial charge in [-0.05, 0) is 37.6 Å². The number of H-pyrrole nitrogens is 1. The van der Waals surface area contributed by atoms with Gasteiger partial charge in [-0.2, -0.15) is 5.10 Å². The molecule has 1 unspecified atom stereocenters. The van der Waals surface area contributed by atoms with Gasteiger partial charge in [0.05, 0.1) is 5.92 Å². The van der Waals surface area contributed by atoms with Crippen molar-refractivity contribution in [3.63, 3.8) is 0 Å². The average molecular weight is 380 g/mol. The van der Waals surface area contributed by atoms with E-state index in [1.165, 1.54) is 5.56 Å². The smallest absolute Gasteiger partial charge is 0.308 e. The van der Waals surface area contributed by atoms with E-state index in [0.29, 0.717) is 6.54 Å². The first-order valence-corrected chi connectivity index (χ1v) is 10.0. The molecule has 0 amide bonds. The number of rotatable bonds is 6. The van der Waals surface area contributed by atoms with Crippen LogP contribution in [0.4, 0.5) is 0 Å². The molecule has 0 bridgehead atoms. The molecule has 6 nitrogen and oxygen atoms in total. The van der Waals surface area contributed by atoms with E-state index < -0.39 is 5.97 Å². The largest absolute Gasteiger partial charge is 0.481 e. The number of carboxylic acids is 1. The minimum atomic E-state index is -0.642. The van der Waals surface area contributed by atoms with Gasteiger partial charge in [0.25, 0.3) is 0 Å². The zero-order valence-corrected chi connectivity index (χ0v) is 16.1. The van der Waals surface area contributed by atoms with Crippen LogP contribution in [0.2, 0.25) is 0 Å². The van der Waals surface area contributed by atoms with E-state index >= 15 is 0 Å². The lowest BCUT2D eigenvalue weighted by Gasteiger charge is -2.41. The van der Waals surface area contributed by atoms with Crippen molar-refractivity contribution in [3.8, 4) is 0 Å². The van der Waals surface area contributed by atoms with Crippen LogP contribution < -0.4 is 0 Å². The first-order valence-electron chi connectivity index (χ1n) is 10.0. The highest BCUT2D eigenvalue weighted by molar-refractivity contribution is 5.72. The van der Waals surface area contributed by atoms with E-state index in [1.807, 2.05) is 24.3 Å². The molecule has 1 spiro atoms. The summed E-state index contributed by atoms with van der Waals surface area (Å²) in [5, 5.41) is 16.9. The summed E-state index contributed by atoms with van der Waals surface area (Å²) in [5.41, 5.74) is 2.19. The second kappa shape index (κ2) is 8.29. The normalized spacial score (nSPS) is 22.9. The van der Waals surface area contributed by atoms with Crippen LogP contribution in [-0.4, -0.2) is 63.8 Å². The second-order valence-corrected chi connectivity index (χ2v) is 8.12. The zero-order valence-electron chi connectivity index (χ0n) is 16.1. The molecular weight excluding hydrogens is 352 g/mol. The molecule has 2 fully saturated rings. The third-order valence-electron chi connectivity index (χ3n) is 6.29. The molecule has 6 heteroatoms. The van der Waals surface area contributed by atoms with Gasteiger partial charge in [-0.3, -0.25) is 19.7 Å². The Hall–Kier alpha value is -2.44. The van der Waals surface area contributed by atoms with Gasteiger partial charge in [0.2, 0.25) is 0 Å². The molecule has 148 valence electrons. The molecule has 2 aliphatic heterocycles. The van der Waals surface area contributed by atoms with Gasteiger partial charge < -0.3 is 5.11 Å². The van der Waals surface area contributed by atoms with Crippen LogP contribution in [0.15, 0.2) is 48.7 Å². The Balaban J connectivity index is 1.36. The number of piperidine rings is 1. The van der Waals surface area contributed by atoms with Crippen LogP contribution in [0.25, 0.3) is 6.08 Å². The number of aromatic amines is 1. The first kappa shape index (κ1) is 18.9. The van der Waals surface area contributed by atoms with Gasteiger partial charge in [0.15, 0.2) is 0 Å². The number of hydrogen-bond donors (Lipinski definition) is 2. The average Bonchev–Trinajstić information content (AvgIpc) is 3.33. The van der Waals surface area contributed by atoms with Crippen molar-refractivity contribution in [2.24, 2.45) is 11.3 Å². The summed E-state index contributed by atoms with van der Waals surface area (Å²) in [6, 6.07) is 12.2. The fraction of sp³-hybridized carbons (Fsp3) is 0.455. The highest BCUT2D eigenvalue weighted by Crippen LogP contribution is 2.45. The number of carbonyl (C=O) groups is 1. The third-order valence-corrected chi connectivity index (χ3v) is 6.29. The van der Waals surface area contributed by atoms with Crippen molar-refractivity contribution < 1.29 is 9.90 Å².